The van der Waals surface area contributed by atoms with E-state index in [-0.39, 0.29) is 36.5 Å². The molecule has 0 aromatic heterocycles. The van der Waals surface area contributed by atoms with E-state index in [1.165, 1.54) is 31.7 Å². The summed E-state index contributed by atoms with van der Waals surface area (Å²) in [7, 11) is 0. The standard InChI is InChI=1S/C21H28FN3O2/c22-19-8-4-1-5-16(19)14-25-15-17(13-20(25)26)21(27)24-11-9-23(10-12-24)18-6-2-3-7-18/h1,4-5,8,17-18H,2-3,6-7,9-15H2. The quantitative estimate of drug-likeness (QED) is 0.813. The molecule has 0 spiro atoms. The van der Waals surface area contributed by atoms with Gasteiger partial charge in [-0.25, -0.2) is 4.39 Å². The highest BCUT2D eigenvalue weighted by Gasteiger charge is 2.38. The average molecular weight is 373 g/mol. The first-order valence-electron chi connectivity index (χ1n) is 10.2. The Hall–Kier alpha value is -1.95. The Kier molecular flexibility index (Phi) is 5.43. The van der Waals surface area contributed by atoms with Crippen molar-refractivity contribution in [2.75, 3.05) is 32.7 Å². The molecule has 146 valence electrons. The Bertz CT molecular complexity index is 696. The number of halogens is 1. The lowest BCUT2D eigenvalue weighted by molar-refractivity contribution is -0.137. The summed E-state index contributed by atoms with van der Waals surface area (Å²) in [4.78, 5) is 31.3. The fourth-order valence-corrected chi connectivity index (χ4v) is 4.76. The third-order valence-electron chi connectivity index (χ3n) is 6.35. The lowest BCUT2D eigenvalue weighted by Gasteiger charge is -2.38. The van der Waals surface area contributed by atoms with Gasteiger partial charge >= 0.3 is 0 Å². The maximum Gasteiger partial charge on any atom is 0.228 e. The second-order valence-corrected chi connectivity index (χ2v) is 8.07. The maximum atomic E-state index is 13.9. The molecule has 27 heavy (non-hydrogen) atoms. The Morgan fingerprint density at radius 1 is 1.07 bits per heavy atom. The van der Waals surface area contributed by atoms with Crippen molar-refractivity contribution in [2.45, 2.75) is 44.7 Å². The molecule has 3 fully saturated rings. The Morgan fingerprint density at radius 2 is 1.78 bits per heavy atom. The van der Waals surface area contributed by atoms with Crippen LogP contribution in [-0.2, 0) is 16.1 Å². The summed E-state index contributed by atoms with van der Waals surface area (Å²) in [6.45, 7) is 4.03. The minimum absolute atomic E-state index is 0.0544. The molecule has 2 aliphatic heterocycles. The first-order chi connectivity index (χ1) is 13.1. The van der Waals surface area contributed by atoms with Gasteiger partial charge in [0.15, 0.2) is 0 Å². The predicted molar refractivity (Wildman–Crippen MR) is 100 cm³/mol. The van der Waals surface area contributed by atoms with Crippen molar-refractivity contribution in [3.05, 3.63) is 35.6 Å². The second kappa shape index (κ2) is 7.97. The van der Waals surface area contributed by atoms with Crippen molar-refractivity contribution in [2.24, 2.45) is 5.92 Å². The summed E-state index contributed by atoms with van der Waals surface area (Å²) in [6.07, 6.45) is 5.47. The van der Waals surface area contributed by atoms with Crippen molar-refractivity contribution in [1.29, 1.82) is 0 Å². The number of amides is 2. The first-order valence-corrected chi connectivity index (χ1v) is 10.2. The highest BCUT2D eigenvalue weighted by molar-refractivity contribution is 5.89. The number of hydrogen-bond donors (Lipinski definition) is 0. The van der Waals surface area contributed by atoms with Gasteiger partial charge in [0.1, 0.15) is 5.82 Å². The molecule has 6 heteroatoms. The number of piperazine rings is 1. The number of rotatable bonds is 4. The average Bonchev–Trinajstić information content (AvgIpc) is 3.34. The number of likely N-dealkylation sites (tertiary alicyclic amines) is 1. The summed E-state index contributed by atoms with van der Waals surface area (Å²) in [5.74, 6) is -0.558. The molecular formula is C21H28FN3O2. The topological polar surface area (TPSA) is 43.9 Å². The second-order valence-electron chi connectivity index (χ2n) is 8.07. The van der Waals surface area contributed by atoms with Crippen LogP contribution in [0.15, 0.2) is 24.3 Å². The van der Waals surface area contributed by atoms with Gasteiger partial charge in [-0.1, -0.05) is 31.0 Å². The van der Waals surface area contributed by atoms with Gasteiger partial charge in [0.2, 0.25) is 11.8 Å². The van der Waals surface area contributed by atoms with E-state index in [4.69, 9.17) is 0 Å². The van der Waals surface area contributed by atoms with Crippen LogP contribution in [0.5, 0.6) is 0 Å². The van der Waals surface area contributed by atoms with Crippen molar-refractivity contribution in [3.63, 3.8) is 0 Å². The van der Waals surface area contributed by atoms with Gasteiger partial charge in [-0.3, -0.25) is 14.5 Å². The van der Waals surface area contributed by atoms with E-state index in [9.17, 15) is 14.0 Å². The zero-order valence-electron chi connectivity index (χ0n) is 15.8. The number of hydrogen-bond acceptors (Lipinski definition) is 3. The van der Waals surface area contributed by atoms with E-state index < -0.39 is 0 Å². The van der Waals surface area contributed by atoms with Crippen LogP contribution in [0.3, 0.4) is 0 Å². The van der Waals surface area contributed by atoms with Crippen molar-refractivity contribution < 1.29 is 14.0 Å². The van der Waals surface area contributed by atoms with Crippen LogP contribution in [0.25, 0.3) is 0 Å². The summed E-state index contributed by atoms with van der Waals surface area (Å²) in [5.41, 5.74) is 0.504. The molecule has 1 saturated carbocycles. The molecule has 1 aliphatic carbocycles. The van der Waals surface area contributed by atoms with Gasteiger partial charge in [-0.05, 0) is 18.9 Å². The highest BCUT2D eigenvalue weighted by Crippen LogP contribution is 2.26. The first kappa shape index (κ1) is 18.4. The van der Waals surface area contributed by atoms with Gasteiger partial charge in [-0.2, -0.15) is 0 Å². The zero-order chi connectivity index (χ0) is 18.8. The fraction of sp³-hybridized carbons (Fsp3) is 0.619. The predicted octanol–water partition coefficient (Wildman–Crippen LogP) is 2.26. The molecule has 0 radical (unpaired) electrons. The molecule has 5 nitrogen and oxygen atoms in total. The summed E-state index contributed by atoms with van der Waals surface area (Å²) in [6, 6.07) is 7.21. The number of nitrogens with zero attached hydrogens (tertiary/aromatic N) is 3. The normalized spacial score (nSPS) is 24.8. The molecule has 4 rings (SSSR count). The molecule has 1 atom stereocenters. The Balaban J connectivity index is 1.31. The van der Waals surface area contributed by atoms with Crippen molar-refractivity contribution >= 4 is 11.8 Å². The third kappa shape index (κ3) is 4.00. The van der Waals surface area contributed by atoms with E-state index >= 15 is 0 Å². The van der Waals surface area contributed by atoms with Crippen LogP contribution < -0.4 is 0 Å². The summed E-state index contributed by atoms with van der Waals surface area (Å²) >= 11 is 0. The van der Waals surface area contributed by atoms with Gasteiger partial charge < -0.3 is 9.80 Å². The molecule has 3 aliphatic rings. The number of carbonyl (C=O) groups excluding carboxylic acids is 2. The molecule has 2 saturated heterocycles. The molecule has 0 bridgehead atoms. The van der Waals surface area contributed by atoms with E-state index in [0.717, 1.165) is 26.2 Å². The van der Waals surface area contributed by atoms with Gasteiger partial charge in [-0.15, -0.1) is 0 Å². The zero-order valence-corrected chi connectivity index (χ0v) is 15.8. The van der Waals surface area contributed by atoms with E-state index in [2.05, 4.69) is 4.90 Å². The minimum atomic E-state index is -0.303. The molecule has 1 aromatic carbocycles. The molecule has 0 N–H and O–H groups in total. The number of carbonyl (C=O) groups is 2. The van der Waals surface area contributed by atoms with Crippen LogP contribution in [0.2, 0.25) is 0 Å². The van der Waals surface area contributed by atoms with Crippen LogP contribution >= 0.6 is 0 Å². The van der Waals surface area contributed by atoms with Gasteiger partial charge in [0, 0.05) is 57.3 Å². The van der Waals surface area contributed by atoms with Crippen LogP contribution in [0.4, 0.5) is 4.39 Å². The Labute approximate surface area is 160 Å². The monoisotopic (exact) mass is 373 g/mol. The Morgan fingerprint density at radius 3 is 2.48 bits per heavy atom. The highest BCUT2D eigenvalue weighted by atomic mass is 19.1. The van der Waals surface area contributed by atoms with Crippen LogP contribution in [0, 0.1) is 11.7 Å². The molecular weight excluding hydrogens is 345 g/mol. The van der Waals surface area contributed by atoms with Crippen molar-refractivity contribution in [3.8, 4) is 0 Å². The maximum absolute atomic E-state index is 13.9. The SMILES string of the molecule is O=C1CC(C(=O)N2CCN(C3CCCC3)CC2)CN1Cc1ccccc1F. The van der Waals surface area contributed by atoms with E-state index in [1.807, 2.05) is 4.90 Å². The lowest BCUT2D eigenvalue weighted by atomic mass is 10.1. The fourth-order valence-electron chi connectivity index (χ4n) is 4.76. The van der Waals surface area contributed by atoms with E-state index in [1.54, 1.807) is 23.1 Å². The third-order valence-corrected chi connectivity index (χ3v) is 6.35. The van der Waals surface area contributed by atoms with Crippen LogP contribution in [0.1, 0.15) is 37.7 Å². The minimum Gasteiger partial charge on any atom is -0.340 e. The lowest BCUT2D eigenvalue weighted by Crippen LogP contribution is -2.52. The molecule has 1 unspecified atom stereocenters. The number of benzene rings is 1. The van der Waals surface area contributed by atoms with E-state index in [0.29, 0.717) is 18.2 Å². The molecule has 2 amide bonds. The van der Waals surface area contributed by atoms with Crippen molar-refractivity contribution in [1.82, 2.24) is 14.7 Å². The smallest absolute Gasteiger partial charge is 0.228 e. The molecule has 2 heterocycles. The largest absolute Gasteiger partial charge is 0.340 e. The summed E-state index contributed by atoms with van der Waals surface area (Å²) in [5, 5.41) is 0. The molecule has 1 aromatic rings. The van der Waals surface area contributed by atoms with Crippen LogP contribution in [-0.4, -0.2) is 65.3 Å². The van der Waals surface area contributed by atoms with Gasteiger partial charge in [0.25, 0.3) is 0 Å². The van der Waals surface area contributed by atoms with Gasteiger partial charge in [0.05, 0.1) is 5.92 Å². The summed E-state index contributed by atoms with van der Waals surface area (Å²) < 4.78 is 13.9.